The highest BCUT2D eigenvalue weighted by Gasteiger charge is 2.52. The Hall–Kier alpha value is -1.20. The minimum absolute atomic E-state index is 0.0416. The molecule has 4 aliphatic carbocycles. The van der Waals surface area contributed by atoms with Crippen molar-refractivity contribution < 1.29 is 23.7 Å². The summed E-state index contributed by atoms with van der Waals surface area (Å²) in [6, 6.07) is 3.21. The first-order valence-electron chi connectivity index (χ1n) is 9.37. The second-order valence-corrected chi connectivity index (χ2v) is 8.48. The third-order valence-corrected chi connectivity index (χ3v) is 6.65. The molecule has 0 spiro atoms. The molecule has 1 aromatic carbocycles. The van der Waals surface area contributed by atoms with Crippen LogP contribution in [0.15, 0.2) is 12.1 Å². The fourth-order valence-corrected chi connectivity index (χ4v) is 5.86. The molecule has 4 aliphatic rings. The molecule has 0 saturated heterocycles. The molecule has 25 heavy (non-hydrogen) atoms. The molecule has 0 amide bonds. The molecule has 4 bridgehead atoms. The average molecular weight is 352 g/mol. The second kappa shape index (κ2) is 6.51. The SMILES string of the molecule is OCC(CO)COc1ccc(C23CC4CC(CC(C4)C2)C3)c(F)c1F. The van der Waals surface area contributed by atoms with Crippen molar-refractivity contribution in [3.63, 3.8) is 0 Å². The molecule has 0 aromatic heterocycles. The zero-order valence-electron chi connectivity index (χ0n) is 14.4. The zero-order valence-corrected chi connectivity index (χ0v) is 14.4. The van der Waals surface area contributed by atoms with E-state index in [0.717, 1.165) is 19.3 Å². The fourth-order valence-electron chi connectivity index (χ4n) is 5.86. The maximum absolute atomic E-state index is 14.9. The van der Waals surface area contributed by atoms with Crippen LogP contribution in [0.1, 0.15) is 44.1 Å². The highest BCUT2D eigenvalue weighted by molar-refractivity contribution is 5.37. The molecule has 4 saturated carbocycles. The highest BCUT2D eigenvalue weighted by Crippen LogP contribution is 2.61. The van der Waals surface area contributed by atoms with Gasteiger partial charge in [-0.3, -0.25) is 0 Å². The lowest BCUT2D eigenvalue weighted by Gasteiger charge is -2.57. The van der Waals surface area contributed by atoms with Gasteiger partial charge >= 0.3 is 0 Å². The van der Waals surface area contributed by atoms with Crippen LogP contribution >= 0.6 is 0 Å². The first-order valence-corrected chi connectivity index (χ1v) is 9.37. The van der Waals surface area contributed by atoms with E-state index in [1.165, 1.54) is 25.3 Å². The average Bonchev–Trinajstić information content (AvgIpc) is 2.58. The number of aliphatic hydroxyl groups is 2. The van der Waals surface area contributed by atoms with Crippen molar-refractivity contribution in [3.8, 4) is 5.75 Å². The van der Waals surface area contributed by atoms with Gasteiger partial charge in [0.05, 0.1) is 19.8 Å². The van der Waals surface area contributed by atoms with Crippen LogP contribution in [0.25, 0.3) is 0 Å². The van der Waals surface area contributed by atoms with Crippen LogP contribution in [0, 0.1) is 35.3 Å². The number of ether oxygens (including phenoxy) is 1. The van der Waals surface area contributed by atoms with Crippen molar-refractivity contribution in [2.75, 3.05) is 19.8 Å². The van der Waals surface area contributed by atoms with Crippen LogP contribution in [-0.2, 0) is 5.41 Å². The summed E-state index contributed by atoms with van der Waals surface area (Å²) in [6.45, 7) is -0.558. The van der Waals surface area contributed by atoms with Gasteiger partial charge in [-0.25, -0.2) is 4.39 Å². The van der Waals surface area contributed by atoms with Gasteiger partial charge in [0, 0.05) is 5.92 Å². The summed E-state index contributed by atoms with van der Waals surface area (Å²) in [6.07, 6.45) is 6.71. The van der Waals surface area contributed by atoms with Gasteiger partial charge in [0.2, 0.25) is 5.82 Å². The van der Waals surface area contributed by atoms with E-state index in [1.54, 1.807) is 6.07 Å². The van der Waals surface area contributed by atoms with Gasteiger partial charge in [0.15, 0.2) is 11.6 Å². The topological polar surface area (TPSA) is 49.7 Å². The summed E-state index contributed by atoms with van der Waals surface area (Å²) in [4.78, 5) is 0. The normalized spacial score (nSPS) is 33.2. The van der Waals surface area contributed by atoms with Gasteiger partial charge in [0.25, 0.3) is 0 Å². The molecule has 0 atom stereocenters. The summed E-state index contributed by atoms with van der Waals surface area (Å²) in [5, 5.41) is 18.1. The van der Waals surface area contributed by atoms with Crippen molar-refractivity contribution in [2.24, 2.45) is 23.7 Å². The minimum Gasteiger partial charge on any atom is -0.490 e. The smallest absolute Gasteiger partial charge is 0.200 e. The number of benzene rings is 1. The van der Waals surface area contributed by atoms with E-state index in [9.17, 15) is 8.78 Å². The van der Waals surface area contributed by atoms with Gasteiger partial charge in [-0.2, -0.15) is 4.39 Å². The highest BCUT2D eigenvalue weighted by atomic mass is 19.2. The van der Waals surface area contributed by atoms with Gasteiger partial charge in [-0.1, -0.05) is 6.07 Å². The third-order valence-electron chi connectivity index (χ3n) is 6.65. The number of rotatable bonds is 6. The van der Waals surface area contributed by atoms with Crippen LogP contribution in [0.2, 0.25) is 0 Å². The molecule has 0 aliphatic heterocycles. The van der Waals surface area contributed by atoms with Crippen LogP contribution in [0.3, 0.4) is 0 Å². The van der Waals surface area contributed by atoms with Crippen molar-refractivity contribution in [1.29, 1.82) is 0 Å². The largest absolute Gasteiger partial charge is 0.490 e. The Morgan fingerprint density at radius 3 is 2.04 bits per heavy atom. The second-order valence-electron chi connectivity index (χ2n) is 8.48. The summed E-state index contributed by atoms with van der Waals surface area (Å²) in [5.41, 5.74) is 0.328. The first kappa shape index (κ1) is 17.2. The van der Waals surface area contributed by atoms with Crippen molar-refractivity contribution in [3.05, 3.63) is 29.3 Å². The Labute approximate surface area is 147 Å². The molecule has 2 N–H and O–H groups in total. The number of aliphatic hydroxyl groups excluding tert-OH is 2. The van der Waals surface area contributed by atoms with Crippen molar-refractivity contribution in [1.82, 2.24) is 0 Å². The number of halogens is 2. The predicted octanol–water partition coefficient (Wildman–Crippen LogP) is 3.41. The molecule has 5 rings (SSSR count). The molecule has 0 heterocycles. The van der Waals surface area contributed by atoms with E-state index in [0.29, 0.717) is 23.3 Å². The molecular weight excluding hydrogens is 326 g/mol. The molecule has 138 valence electrons. The van der Waals surface area contributed by atoms with Gasteiger partial charge in [-0.05, 0) is 73.3 Å². The quantitative estimate of drug-likeness (QED) is 0.825. The monoisotopic (exact) mass is 352 g/mol. The number of hydrogen-bond acceptors (Lipinski definition) is 3. The maximum Gasteiger partial charge on any atom is 0.200 e. The molecule has 5 heteroatoms. The Morgan fingerprint density at radius 1 is 0.960 bits per heavy atom. The van der Waals surface area contributed by atoms with Crippen LogP contribution in [0.5, 0.6) is 5.75 Å². The molecule has 1 aromatic rings. The summed E-state index contributed by atoms with van der Waals surface area (Å²) in [5.74, 6) is -0.353. The number of hydrogen-bond donors (Lipinski definition) is 2. The molecular formula is C20H26F2O3. The zero-order chi connectivity index (χ0) is 17.6. The molecule has 3 nitrogen and oxygen atoms in total. The Bertz CT molecular complexity index is 607. The van der Waals surface area contributed by atoms with Crippen molar-refractivity contribution >= 4 is 0 Å². The lowest BCUT2D eigenvalue weighted by molar-refractivity contribution is -0.00709. The standard InChI is InChI=1S/C20H26F2O3/c21-18-16(1-2-17(19(18)22)25-11-15(9-23)10-24)20-6-12-3-13(7-20)5-14(4-12)8-20/h1-2,12-15,23-24H,3-11H2. The summed E-state index contributed by atoms with van der Waals surface area (Å²) in [7, 11) is 0. The summed E-state index contributed by atoms with van der Waals surface area (Å²) >= 11 is 0. The Balaban J connectivity index is 1.58. The van der Waals surface area contributed by atoms with Crippen LogP contribution < -0.4 is 4.74 Å². The minimum atomic E-state index is -0.942. The lowest BCUT2D eigenvalue weighted by Crippen LogP contribution is -2.49. The van der Waals surface area contributed by atoms with Gasteiger partial charge < -0.3 is 14.9 Å². The van der Waals surface area contributed by atoms with Gasteiger partial charge in [-0.15, -0.1) is 0 Å². The van der Waals surface area contributed by atoms with E-state index in [1.807, 2.05) is 0 Å². The van der Waals surface area contributed by atoms with E-state index in [-0.39, 0.29) is 31.0 Å². The Morgan fingerprint density at radius 2 is 1.52 bits per heavy atom. The van der Waals surface area contributed by atoms with Crippen molar-refractivity contribution in [2.45, 2.75) is 43.9 Å². The van der Waals surface area contributed by atoms with E-state index < -0.39 is 17.6 Å². The van der Waals surface area contributed by atoms with Crippen LogP contribution in [0.4, 0.5) is 8.78 Å². The lowest BCUT2D eigenvalue weighted by atomic mass is 9.48. The molecule has 0 unspecified atom stereocenters. The van der Waals surface area contributed by atoms with Gasteiger partial charge in [0.1, 0.15) is 0 Å². The van der Waals surface area contributed by atoms with E-state index in [4.69, 9.17) is 14.9 Å². The fraction of sp³-hybridized carbons (Fsp3) is 0.700. The first-order chi connectivity index (χ1) is 12.0. The van der Waals surface area contributed by atoms with E-state index in [2.05, 4.69) is 0 Å². The van der Waals surface area contributed by atoms with E-state index >= 15 is 0 Å². The predicted molar refractivity (Wildman–Crippen MR) is 89.4 cm³/mol. The molecule has 4 fully saturated rings. The molecule has 0 radical (unpaired) electrons. The Kier molecular flexibility index (Phi) is 4.49. The van der Waals surface area contributed by atoms with Crippen LogP contribution in [-0.4, -0.2) is 30.0 Å². The third kappa shape index (κ3) is 2.95. The summed E-state index contributed by atoms with van der Waals surface area (Å²) < 4.78 is 34.8. The maximum atomic E-state index is 14.9.